The number of methoxy groups -OCH3 is 2. The normalized spacial score (nSPS) is 21.2. The van der Waals surface area contributed by atoms with E-state index in [0.717, 1.165) is 16.3 Å². The van der Waals surface area contributed by atoms with Crippen LogP contribution in [0.5, 0.6) is 0 Å². The molecule has 8 heteroatoms. The quantitative estimate of drug-likeness (QED) is 0.319. The van der Waals surface area contributed by atoms with Crippen LogP contribution in [-0.2, 0) is 28.6 Å². The van der Waals surface area contributed by atoms with Gasteiger partial charge in [0.15, 0.2) is 5.41 Å². The van der Waals surface area contributed by atoms with Crippen LogP contribution in [0.3, 0.4) is 0 Å². The Morgan fingerprint density at radius 1 is 0.950 bits per heavy atom. The van der Waals surface area contributed by atoms with E-state index in [0.29, 0.717) is 16.8 Å². The number of hydrogen-bond donors (Lipinski definition) is 0. The summed E-state index contributed by atoms with van der Waals surface area (Å²) in [4.78, 5) is 42.4. The van der Waals surface area contributed by atoms with Gasteiger partial charge in [-0.05, 0) is 40.5 Å². The minimum Gasteiger partial charge on any atom is -0.469 e. The lowest BCUT2D eigenvalue weighted by Gasteiger charge is -2.51. The lowest BCUT2D eigenvalue weighted by Crippen LogP contribution is -2.54. The largest absolute Gasteiger partial charge is 0.469 e. The van der Waals surface area contributed by atoms with Crippen LogP contribution in [0.2, 0.25) is 0 Å². The molecule has 0 radical (unpaired) electrons. The number of carbonyl (C=O) groups excluding carboxylic acids is 3. The monoisotopic (exact) mass is 536 g/mol. The zero-order valence-corrected chi connectivity index (χ0v) is 22.4. The van der Waals surface area contributed by atoms with Gasteiger partial charge in [0.2, 0.25) is 0 Å². The summed E-state index contributed by atoms with van der Waals surface area (Å²) in [5.41, 5.74) is 0.452. The Labute approximate surface area is 232 Å². The van der Waals surface area contributed by atoms with Crippen LogP contribution in [0.15, 0.2) is 84.2 Å². The fraction of sp³-hybridized carbons (Fsp3) is 0.250. The third kappa shape index (κ3) is 4.02. The molecule has 2 aliphatic rings. The molecule has 0 saturated heterocycles. The van der Waals surface area contributed by atoms with Crippen LogP contribution < -0.4 is 0 Å². The van der Waals surface area contributed by atoms with Crippen molar-refractivity contribution in [3.63, 3.8) is 0 Å². The molecular weight excluding hydrogens is 508 g/mol. The molecule has 0 amide bonds. The molecule has 2 heterocycles. The maximum atomic E-state index is 14.2. The molecule has 202 valence electrons. The van der Waals surface area contributed by atoms with Crippen molar-refractivity contribution >= 4 is 34.8 Å². The minimum absolute atomic E-state index is 0.0270. The van der Waals surface area contributed by atoms with E-state index in [2.05, 4.69) is 6.07 Å². The lowest BCUT2D eigenvalue weighted by atomic mass is 9.59. The van der Waals surface area contributed by atoms with Gasteiger partial charge in [0.1, 0.15) is 0 Å². The summed E-state index contributed by atoms with van der Waals surface area (Å²) in [5.74, 6) is -3.25. The van der Waals surface area contributed by atoms with E-state index in [1.54, 1.807) is 24.1 Å². The molecule has 8 nitrogen and oxygen atoms in total. The topological polar surface area (TPSA) is 106 Å². The van der Waals surface area contributed by atoms with Crippen LogP contribution in [-0.4, -0.2) is 43.6 Å². The first-order valence-electron chi connectivity index (χ1n) is 12.9. The Bertz CT molecular complexity index is 1610. The highest BCUT2D eigenvalue weighted by atomic mass is 16.5. The molecule has 0 fully saturated rings. The van der Waals surface area contributed by atoms with Crippen LogP contribution in [0.4, 0.5) is 0 Å². The van der Waals surface area contributed by atoms with Crippen LogP contribution in [0.25, 0.3) is 16.8 Å². The van der Waals surface area contributed by atoms with E-state index in [1.807, 2.05) is 66.7 Å². The van der Waals surface area contributed by atoms with Crippen molar-refractivity contribution in [3.05, 3.63) is 101 Å². The first-order valence-corrected chi connectivity index (χ1v) is 12.9. The van der Waals surface area contributed by atoms with E-state index in [4.69, 9.17) is 14.2 Å². The van der Waals surface area contributed by atoms with Gasteiger partial charge in [0, 0.05) is 11.9 Å². The summed E-state index contributed by atoms with van der Waals surface area (Å²) in [6.45, 7) is 1.70. The second-order valence-electron chi connectivity index (χ2n) is 9.56. The molecule has 40 heavy (non-hydrogen) atoms. The minimum atomic E-state index is -1.94. The number of fused-ring (bicyclic) bond motifs is 4. The number of rotatable bonds is 6. The Morgan fingerprint density at radius 2 is 1.65 bits per heavy atom. The van der Waals surface area contributed by atoms with Gasteiger partial charge in [-0.1, -0.05) is 66.7 Å². The first kappa shape index (κ1) is 26.7. The number of esters is 3. The van der Waals surface area contributed by atoms with Crippen molar-refractivity contribution in [2.75, 3.05) is 20.8 Å². The number of nitriles is 1. The van der Waals surface area contributed by atoms with Crippen molar-refractivity contribution in [1.82, 2.24) is 4.90 Å². The average molecular weight is 537 g/mol. The number of nitrogens with zero attached hydrogens (tertiary/aromatic N) is 2. The molecule has 0 unspecified atom stereocenters. The molecule has 0 aromatic heterocycles. The number of carbonyl (C=O) groups is 3. The fourth-order valence-corrected chi connectivity index (χ4v) is 6.01. The third-order valence-corrected chi connectivity index (χ3v) is 7.66. The predicted molar refractivity (Wildman–Crippen MR) is 147 cm³/mol. The SMILES string of the molecule is CCOC(=O)[C@]1(C#N)[C@@H](c2cccc3ccccc23)C(C(=O)OC)=C(CC(=O)OC)N2C=Cc3ccccc3[C@H]21. The van der Waals surface area contributed by atoms with Gasteiger partial charge in [-0.2, -0.15) is 5.26 Å². The van der Waals surface area contributed by atoms with Gasteiger partial charge in [-0.25, -0.2) is 4.79 Å². The summed E-state index contributed by atoms with van der Waals surface area (Å²) < 4.78 is 15.9. The van der Waals surface area contributed by atoms with Crippen LogP contribution in [0, 0.1) is 16.7 Å². The molecule has 3 aromatic carbocycles. The summed E-state index contributed by atoms with van der Waals surface area (Å²) in [7, 11) is 2.50. The molecule has 0 bridgehead atoms. The van der Waals surface area contributed by atoms with Gasteiger partial charge in [0.25, 0.3) is 0 Å². The predicted octanol–water partition coefficient (Wildman–Crippen LogP) is 5.03. The van der Waals surface area contributed by atoms with E-state index in [9.17, 15) is 19.6 Å². The maximum Gasteiger partial charge on any atom is 0.336 e. The highest BCUT2D eigenvalue weighted by molar-refractivity contribution is 5.99. The van der Waals surface area contributed by atoms with E-state index in [-0.39, 0.29) is 18.6 Å². The third-order valence-electron chi connectivity index (χ3n) is 7.66. The van der Waals surface area contributed by atoms with Gasteiger partial charge >= 0.3 is 17.9 Å². The molecule has 0 N–H and O–H groups in total. The molecule has 5 rings (SSSR count). The molecule has 3 aromatic rings. The Hall–Kier alpha value is -4.90. The highest BCUT2D eigenvalue weighted by Gasteiger charge is 2.63. The molecule has 0 aliphatic carbocycles. The molecular formula is C32H28N2O6. The smallest absolute Gasteiger partial charge is 0.336 e. The highest BCUT2D eigenvalue weighted by Crippen LogP contribution is 2.60. The number of benzene rings is 3. The first-order chi connectivity index (χ1) is 19.4. The van der Waals surface area contributed by atoms with Crippen molar-refractivity contribution in [2.24, 2.45) is 5.41 Å². The zero-order chi connectivity index (χ0) is 28.4. The van der Waals surface area contributed by atoms with Crippen molar-refractivity contribution in [2.45, 2.75) is 25.3 Å². The summed E-state index contributed by atoms with van der Waals surface area (Å²) in [6.07, 6.45) is 3.23. The lowest BCUT2D eigenvalue weighted by molar-refractivity contribution is -0.157. The van der Waals surface area contributed by atoms with Gasteiger partial charge in [-0.15, -0.1) is 0 Å². The molecule has 0 saturated carbocycles. The van der Waals surface area contributed by atoms with Gasteiger partial charge < -0.3 is 19.1 Å². The summed E-state index contributed by atoms with van der Waals surface area (Å²) >= 11 is 0. The Morgan fingerprint density at radius 3 is 2.38 bits per heavy atom. The maximum absolute atomic E-state index is 14.2. The second-order valence-corrected chi connectivity index (χ2v) is 9.56. The standard InChI is InChI=1S/C32H28N2O6/c1-4-40-31(37)32(19-33)28(24-15-9-12-20-10-5-7-13-22(20)24)27(30(36)39-3)25(18-26(35)38-2)34-17-16-21-11-6-8-14-23(21)29(32)34/h5-17,28-29H,4,18H2,1-3H3/t28-,29-,32+/m0/s1. The zero-order valence-electron chi connectivity index (χ0n) is 22.4. The fourth-order valence-electron chi connectivity index (χ4n) is 6.01. The van der Waals surface area contributed by atoms with Crippen molar-refractivity contribution in [1.29, 1.82) is 5.26 Å². The molecule has 3 atom stereocenters. The van der Waals surface area contributed by atoms with Crippen molar-refractivity contribution in [3.8, 4) is 6.07 Å². The summed E-state index contributed by atoms with van der Waals surface area (Å²) in [5, 5.41) is 12.7. The number of ether oxygens (including phenoxy) is 3. The number of hydrogen-bond acceptors (Lipinski definition) is 8. The van der Waals surface area contributed by atoms with E-state index in [1.165, 1.54) is 14.2 Å². The Kier molecular flexibility index (Phi) is 7.14. The van der Waals surface area contributed by atoms with Crippen LogP contribution in [0.1, 0.15) is 42.0 Å². The molecule has 0 spiro atoms. The van der Waals surface area contributed by atoms with E-state index >= 15 is 0 Å². The summed E-state index contributed by atoms with van der Waals surface area (Å²) in [6, 6.07) is 21.9. The average Bonchev–Trinajstić information content (AvgIpc) is 2.99. The van der Waals surface area contributed by atoms with Crippen LogP contribution >= 0.6 is 0 Å². The Balaban J connectivity index is 1.98. The van der Waals surface area contributed by atoms with Crippen molar-refractivity contribution < 1.29 is 28.6 Å². The molecule has 2 aliphatic heterocycles. The van der Waals surface area contributed by atoms with Gasteiger partial charge in [0.05, 0.1) is 50.8 Å². The second kappa shape index (κ2) is 10.7. The van der Waals surface area contributed by atoms with Gasteiger partial charge in [-0.3, -0.25) is 9.59 Å². The van der Waals surface area contributed by atoms with E-state index < -0.39 is 35.3 Å².